The van der Waals surface area contributed by atoms with Crippen molar-refractivity contribution in [2.45, 2.75) is 62.9 Å². The van der Waals surface area contributed by atoms with Gasteiger partial charge in [-0.25, -0.2) is 9.78 Å². The van der Waals surface area contributed by atoms with E-state index in [1.54, 1.807) is 0 Å². The number of primary amides is 2. The Hall–Kier alpha value is -4.05. The van der Waals surface area contributed by atoms with Crippen LogP contribution in [-0.4, -0.2) is 86.0 Å². The SMILES string of the molecule is CC(O)C(NC(=O)C(Cc1cnc[nH]1)NC(=O)C(CC(N)=O)NC(=O)C(N)CCC(N)=O)C(=O)O. The zero-order valence-corrected chi connectivity index (χ0v) is 18.9. The molecule has 0 spiro atoms. The summed E-state index contributed by atoms with van der Waals surface area (Å²) in [5.74, 6) is -5.99. The number of aliphatic hydroxyl groups excluding tert-OH is 1. The van der Waals surface area contributed by atoms with Crippen LogP contribution >= 0.6 is 0 Å². The first-order valence-electron chi connectivity index (χ1n) is 10.4. The highest BCUT2D eigenvalue weighted by Gasteiger charge is 2.32. The van der Waals surface area contributed by atoms with E-state index in [9.17, 15) is 39.0 Å². The minimum absolute atomic E-state index is 0.118. The molecule has 0 bridgehead atoms. The first-order chi connectivity index (χ1) is 16.3. The van der Waals surface area contributed by atoms with Crippen molar-refractivity contribution in [1.82, 2.24) is 25.9 Å². The molecule has 0 aromatic carbocycles. The number of carboxylic acids is 1. The lowest BCUT2D eigenvalue weighted by molar-refractivity contribution is -0.145. The molecule has 0 aliphatic carbocycles. The molecule has 1 aromatic heterocycles. The molecule has 0 fully saturated rings. The van der Waals surface area contributed by atoms with Crippen molar-refractivity contribution < 1.29 is 39.0 Å². The highest BCUT2D eigenvalue weighted by molar-refractivity contribution is 5.96. The fraction of sp³-hybridized carbons (Fsp3) is 0.526. The molecule has 16 heteroatoms. The Labute approximate surface area is 199 Å². The van der Waals surface area contributed by atoms with Gasteiger partial charge in [0.2, 0.25) is 29.5 Å². The average molecular weight is 498 g/mol. The van der Waals surface area contributed by atoms with Crippen LogP contribution in [0.15, 0.2) is 12.5 Å². The van der Waals surface area contributed by atoms with E-state index in [-0.39, 0.29) is 19.3 Å². The molecule has 5 atom stereocenters. The van der Waals surface area contributed by atoms with Gasteiger partial charge in [-0.3, -0.25) is 24.0 Å². The van der Waals surface area contributed by atoms with Crippen LogP contribution in [0.5, 0.6) is 0 Å². The summed E-state index contributed by atoms with van der Waals surface area (Å²) in [4.78, 5) is 78.2. The molecule has 0 aliphatic rings. The third-order valence-electron chi connectivity index (χ3n) is 4.73. The second-order valence-electron chi connectivity index (χ2n) is 7.75. The van der Waals surface area contributed by atoms with Crippen molar-refractivity contribution in [2.75, 3.05) is 0 Å². The minimum atomic E-state index is -1.67. The maximum absolute atomic E-state index is 12.9. The van der Waals surface area contributed by atoms with Gasteiger partial charge < -0.3 is 48.3 Å². The lowest BCUT2D eigenvalue weighted by Crippen LogP contribution is -2.59. The van der Waals surface area contributed by atoms with Crippen molar-refractivity contribution in [2.24, 2.45) is 17.2 Å². The molecule has 16 nitrogen and oxygen atoms in total. The Morgan fingerprint density at radius 3 is 2.09 bits per heavy atom. The van der Waals surface area contributed by atoms with Crippen LogP contribution in [0.2, 0.25) is 0 Å². The molecule has 12 N–H and O–H groups in total. The highest BCUT2D eigenvalue weighted by atomic mass is 16.4. The normalized spacial score (nSPS) is 15.1. The molecule has 0 radical (unpaired) electrons. The summed E-state index contributed by atoms with van der Waals surface area (Å²) in [7, 11) is 0. The van der Waals surface area contributed by atoms with Crippen LogP contribution in [0, 0.1) is 0 Å². The van der Waals surface area contributed by atoms with E-state index in [2.05, 4.69) is 25.9 Å². The van der Waals surface area contributed by atoms with E-state index in [4.69, 9.17) is 17.2 Å². The first-order valence-corrected chi connectivity index (χ1v) is 10.4. The molecule has 0 aliphatic heterocycles. The summed E-state index contributed by atoms with van der Waals surface area (Å²) >= 11 is 0. The number of nitrogens with zero attached hydrogens (tertiary/aromatic N) is 1. The molecule has 0 saturated heterocycles. The number of hydrogen-bond donors (Lipinski definition) is 9. The number of nitrogens with one attached hydrogen (secondary N) is 4. The maximum atomic E-state index is 12.9. The number of aliphatic hydroxyl groups is 1. The smallest absolute Gasteiger partial charge is 0.328 e. The average Bonchev–Trinajstić information content (AvgIpc) is 3.26. The summed E-state index contributed by atoms with van der Waals surface area (Å²) in [5, 5.41) is 25.5. The summed E-state index contributed by atoms with van der Waals surface area (Å²) in [6.07, 6.45) is 0.0723. The summed E-state index contributed by atoms with van der Waals surface area (Å²) in [5.41, 5.74) is 16.2. The van der Waals surface area contributed by atoms with E-state index in [0.717, 1.165) is 6.92 Å². The third-order valence-corrected chi connectivity index (χ3v) is 4.73. The number of nitrogens with two attached hydrogens (primary N) is 3. The number of aliphatic carboxylic acids is 1. The second-order valence-corrected chi connectivity index (χ2v) is 7.75. The Bertz CT molecular complexity index is 920. The predicted molar refractivity (Wildman–Crippen MR) is 118 cm³/mol. The number of H-pyrrole nitrogens is 1. The molecule has 1 rings (SSSR count). The van der Waals surface area contributed by atoms with E-state index < -0.39 is 72.2 Å². The van der Waals surface area contributed by atoms with Crippen LogP contribution in [0.1, 0.15) is 31.9 Å². The molecule has 5 amide bonds. The van der Waals surface area contributed by atoms with Crippen LogP contribution < -0.4 is 33.2 Å². The molecular formula is C19H30N8O8. The van der Waals surface area contributed by atoms with E-state index >= 15 is 0 Å². The molecule has 1 aromatic rings. The second kappa shape index (κ2) is 13.6. The molecule has 194 valence electrons. The Balaban J connectivity index is 3.05. The number of aromatic nitrogens is 2. The lowest BCUT2D eigenvalue weighted by Gasteiger charge is -2.25. The number of rotatable bonds is 15. The zero-order valence-electron chi connectivity index (χ0n) is 18.9. The van der Waals surface area contributed by atoms with Crippen LogP contribution in [0.3, 0.4) is 0 Å². The van der Waals surface area contributed by atoms with Crippen LogP contribution in [-0.2, 0) is 35.2 Å². The summed E-state index contributed by atoms with van der Waals surface area (Å²) in [6.45, 7) is 1.15. The molecule has 1 heterocycles. The van der Waals surface area contributed by atoms with Gasteiger partial charge >= 0.3 is 5.97 Å². The molecule has 0 saturated carbocycles. The first kappa shape index (κ1) is 29.0. The number of hydrogen-bond acceptors (Lipinski definition) is 9. The van der Waals surface area contributed by atoms with Gasteiger partial charge in [0.15, 0.2) is 6.04 Å². The number of aromatic amines is 1. The van der Waals surface area contributed by atoms with Gasteiger partial charge in [-0.15, -0.1) is 0 Å². The van der Waals surface area contributed by atoms with Crippen molar-refractivity contribution in [3.8, 4) is 0 Å². The largest absolute Gasteiger partial charge is 0.480 e. The van der Waals surface area contributed by atoms with E-state index in [1.165, 1.54) is 12.5 Å². The minimum Gasteiger partial charge on any atom is -0.480 e. The standard InChI is InChI=1S/C19H30N8O8/c1-8(28)15(19(34)35)27-18(33)11(4-9-6-23-7-24-9)26-17(32)12(5-14(22)30)25-16(31)10(20)2-3-13(21)29/h6-8,10-12,15,28H,2-5,20H2,1H3,(H2,21,29)(H2,22,30)(H,23,24)(H,25,31)(H,26,32)(H,27,33)(H,34,35). The fourth-order valence-corrected chi connectivity index (χ4v) is 2.86. The molecule has 5 unspecified atom stereocenters. The zero-order chi connectivity index (χ0) is 26.7. The Morgan fingerprint density at radius 2 is 1.60 bits per heavy atom. The van der Waals surface area contributed by atoms with Crippen molar-refractivity contribution in [3.63, 3.8) is 0 Å². The van der Waals surface area contributed by atoms with Gasteiger partial charge in [0.25, 0.3) is 0 Å². The number of imidazole rings is 1. The third kappa shape index (κ3) is 10.2. The van der Waals surface area contributed by atoms with Crippen molar-refractivity contribution in [1.29, 1.82) is 0 Å². The maximum Gasteiger partial charge on any atom is 0.328 e. The molecular weight excluding hydrogens is 468 g/mol. The highest BCUT2D eigenvalue weighted by Crippen LogP contribution is 2.04. The fourth-order valence-electron chi connectivity index (χ4n) is 2.86. The number of carbonyl (C=O) groups excluding carboxylic acids is 5. The van der Waals surface area contributed by atoms with E-state index in [0.29, 0.717) is 5.69 Å². The molecule has 35 heavy (non-hydrogen) atoms. The quantitative estimate of drug-likeness (QED) is 0.111. The van der Waals surface area contributed by atoms with Gasteiger partial charge in [0, 0.05) is 24.7 Å². The van der Waals surface area contributed by atoms with Gasteiger partial charge in [0.1, 0.15) is 12.1 Å². The number of carboxylic acid groups (broad SMARTS) is 1. The van der Waals surface area contributed by atoms with Crippen molar-refractivity contribution in [3.05, 3.63) is 18.2 Å². The number of carbonyl (C=O) groups is 6. The van der Waals surface area contributed by atoms with Gasteiger partial charge in [-0.2, -0.15) is 0 Å². The van der Waals surface area contributed by atoms with Gasteiger partial charge in [0.05, 0.1) is 24.9 Å². The summed E-state index contributed by atoms with van der Waals surface area (Å²) in [6, 6.07) is -5.84. The topological polar surface area (TPSA) is 286 Å². The number of amides is 5. The lowest BCUT2D eigenvalue weighted by atomic mass is 10.1. The van der Waals surface area contributed by atoms with Crippen LogP contribution in [0.4, 0.5) is 0 Å². The van der Waals surface area contributed by atoms with Crippen molar-refractivity contribution >= 4 is 35.5 Å². The predicted octanol–water partition coefficient (Wildman–Crippen LogP) is -4.66. The van der Waals surface area contributed by atoms with Gasteiger partial charge in [-0.05, 0) is 13.3 Å². The van der Waals surface area contributed by atoms with Gasteiger partial charge in [-0.1, -0.05) is 0 Å². The van der Waals surface area contributed by atoms with E-state index in [1.807, 2.05) is 0 Å². The Morgan fingerprint density at radius 1 is 1.00 bits per heavy atom. The van der Waals surface area contributed by atoms with Crippen LogP contribution in [0.25, 0.3) is 0 Å². The Kier molecular flexibility index (Phi) is 11.3. The monoisotopic (exact) mass is 498 g/mol. The summed E-state index contributed by atoms with van der Waals surface area (Å²) < 4.78 is 0.